The quantitative estimate of drug-likeness (QED) is 0.735. The number of aromatic amines is 1. The van der Waals surface area contributed by atoms with E-state index in [2.05, 4.69) is 4.98 Å². The predicted octanol–water partition coefficient (Wildman–Crippen LogP) is 1.98. The zero-order valence-corrected chi connectivity index (χ0v) is 7.49. The van der Waals surface area contributed by atoms with E-state index < -0.39 is 0 Å². The van der Waals surface area contributed by atoms with Crippen molar-refractivity contribution in [1.29, 1.82) is 0 Å². The van der Waals surface area contributed by atoms with Gasteiger partial charge in [-0.1, -0.05) is 18.2 Å². The first-order valence-corrected chi connectivity index (χ1v) is 4.34. The van der Waals surface area contributed by atoms with Crippen LogP contribution in [0.4, 0.5) is 0 Å². The second kappa shape index (κ2) is 3.46. The first-order valence-electron chi connectivity index (χ1n) is 4.34. The molecule has 3 heteroatoms. The minimum atomic E-state index is 0.474. The standard InChI is InChI=1S/C11H9NO2/c13-6-9-5-12-10(7-14)11(9)8-3-1-2-4-8/h1-3,5-7,12H,4H2. The van der Waals surface area contributed by atoms with E-state index in [0.717, 1.165) is 30.1 Å². The number of hydrogen-bond acceptors (Lipinski definition) is 2. The molecule has 0 atom stereocenters. The van der Waals surface area contributed by atoms with Crippen molar-refractivity contribution in [2.24, 2.45) is 0 Å². The van der Waals surface area contributed by atoms with Crippen LogP contribution in [0.15, 0.2) is 24.4 Å². The largest absolute Gasteiger partial charge is 0.358 e. The van der Waals surface area contributed by atoms with Crippen molar-refractivity contribution < 1.29 is 9.59 Å². The van der Waals surface area contributed by atoms with Gasteiger partial charge >= 0.3 is 0 Å². The average Bonchev–Trinajstić information content (AvgIpc) is 2.85. The van der Waals surface area contributed by atoms with Gasteiger partial charge in [-0.2, -0.15) is 0 Å². The molecule has 1 N–H and O–H groups in total. The van der Waals surface area contributed by atoms with E-state index in [1.165, 1.54) is 0 Å². The van der Waals surface area contributed by atoms with Gasteiger partial charge in [-0.05, 0) is 12.0 Å². The van der Waals surface area contributed by atoms with E-state index in [0.29, 0.717) is 11.3 Å². The van der Waals surface area contributed by atoms with Crippen LogP contribution >= 0.6 is 0 Å². The minimum absolute atomic E-state index is 0.474. The Hall–Kier alpha value is -1.90. The van der Waals surface area contributed by atoms with Crippen LogP contribution in [0.1, 0.15) is 32.8 Å². The Bertz CT molecular complexity index is 413. The first kappa shape index (κ1) is 8.69. The summed E-state index contributed by atoms with van der Waals surface area (Å²) in [5.41, 5.74) is 2.76. The topological polar surface area (TPSA) is 49.9 Å². The summed E-state index contributed by atoms with van der Waals surface area (Å²) in [6.45, 7) is 0. The van der Waals surface area contributed by atoms with Gasteiger partial charge in [-0.15, -0.1) is 0 Å². The third-order valence-corrected chi connectivity index (χ3v) is 2.28. The molecule has 70 valence electrons. The van der Waals surface area contributed by atoms with E-state index in [1.54, 1.807) is 6.20 Å². The number of aldehydes is 2. The molecule has 0 saturated carbocycles. The van der Waals surface area contributed by atoms with Gasteiger partial charge in [0.25, 0.3) is 0 Å². The number of allylic oxidation sites excluding steroid dienone is 4. The molecule has 14 heavy (non-hydrogen) atoms. The lowest BCUT2D eigenvalue weighted by molar-refractivity contribution is 0.111. The Labute approximate surface area is 81.1 Å². The third-order valence-electron chi connectivity index (χ3n) is 2.28. The van der Waals surface area contributed by atoms with Gasteiger partial charge in [-0.25, -0.2) is 0 Å². The zero-order chi connectivity index (χ0) is 9.97. The number of carbonyl (C=O) groups is 2. The van der Waals surface area contributed by atoms with Gasteiger partial charge in [0, 0.05) is 17.3 Å². The lowest BCUT2D eigenvalue weighted by Gasteiger charge is -2.00. The van der Waals surface area contributed by atoms with Crippen LogP contribution in [0.2, 0.25) is 0 Å². The van der Waals surface area contributed by atoms with E-state index in [9.17, 15) is 9.59 Å². The van der Waals surface area contributed by atoms with Gasteiger partial charge in [0.2, 0.25) is 0 Å². The summed E-state index contributed by atoms with van der Waals surface area (Å²) in [6, 6.07) is 0. The zero-order valence-electron chi connectivity index (χ0n) is 7.49. The molecule has 3 nitrogen and oxygen atoms in total. The number of carbonyl (C=O) groups excluding carboxylic acids is 2. The number of hydrogen-bond donors (Lipinski definition) is 1. The Morgan fingerprint density at radius 3 is 2.71 bits per heavy atom. The van der Waals surface area contributed by atoms with Gasteiger partial charge in [0.05, 0.1) is 5.69 Å². The lowest BCUT2D eigenvalue weighted by Crippen LogP contribution is -1.91. The Kier molecular flexibility index (Phi) is 2.14. The second-order valence-electron chi connectivity index (χ2n) is 3.09. The van der Waals surface area contributed by atoms with Gasteiger partial charge in [0.1, 0.15) is 0 Å². The van der Waals surface area contributed by atoms with Crippen molar-refractivity contribution >= 4 is 18.1 Å². The molecule has 0 radical (unpaired) electrons. The lowest BCUT2D eigenvalue weighted by atomic mass is 10.0. The second-order valence-corrected chi connectivity index (χ2v) is 3.09. The summed E-state index contributed by atoms with van der Waals surface area (Å²) in [7, 11) is 0. The van der Waals surface area contributed by atoms with Crippen molar-refractivity contribution in [3.8, 4) is 0 Å². The fourth-order valence-corrected chi connectivity index (χ4v) is 1.63. The van der Waals surface area contributed by atoms with E-state index >= 15 is 0 Å². The molecular formula is C11H9NO2. The van der Waals surface area contributed by atoms with Crippen molar-refractivity contribution in [2.45, 2.75) is 6.42 Å². The Morgan fingerprint density at radius 2 is 2.14 bits per heavy atom. The van der Waals surface area contributed by atoms with Crippen LogP contribution < -0.4 is 0 Å². The molecule has 0 saturated heterocycles. The fraction of sp³-hybridized carbons (Fsp3) is 0.0909. The summed E-state index contributed by atoms with van der Waals surface area (Å²) in [5, 5.41) is 0. The number of rotatable bonds is 3. The summed E-state index contributed by atoms with van der Waals surface area (Å²) >= 11 is 0. The summed E-state index contributed by atoms with van der Waals surface area (Å²) in [4.78, 5) is 24.2. The molecule has 1 aromatic rings. The molecular weight excluding hydrogens is 178 g/mol. The summed E-state index contributed by atoms with van der Waals surface area (Å²) < 4.78 is 0. The molecule has 1 aliphatic carbocycles. The van der Waals surface area contributed by atoms with Crippen LogP contribution in [-0.2, 0) is 0 Å². The molecule has 0 fully saturated rings. The minimum Gasteiger partial charge on any atom is -0.358 e. The highest BCUT2D eigenvalue weighted by Crippen LogP contribution is 2.27. The Balaban J connectivity index is 2.53. The van der Waals surface area contributed by atoms with Crippen LogP contribution in [0.3, 0.4) is 0 Å². The normalized spacial score (nSPS) is 14.1. The van der Waals surface area contributed by atoms with E-state index in [4.69, 9.17) is 0 Å². The van der Waals surface area contributed by atoms with Gasteiger partial charge in [-0.3, -0.25) is 9.59 Å². The maximum absolute atomic E-state index is 10.7. The van der Waals surface area contributed by atoms with Gasteiger partial charge < -0.3 is 4.98 Å². The van der Waals surface area contributed by atoms with Crippen molar-refractivity contribution in [3.63, 3.8) is 0 Å². The van der Waals surface area contributed by atoms with Gasteiger partial charge in [0.15, 0.2) is 12.6 Å². The molecule has 0 aromatic carbocycles. The first-order chi connectivity index (χ1) is 6.86. The summed E-state index contributed by atoms with van der Waals surface area (Å²) in [6.07, 6.45) is 9.67. The monoisotopic (exact) mass is 187 g/mol. The molecule has 1 aromatic heterocycles. The molecule has 0 unspecified atom stereocenters. The van der Waals surface area contributed by atoms with Crippen molar-refractivity contribution in [1.82, 2.24) is 4.98 Å². The molecule has 0 spiro atoms. The van der Waals surface area contributed by atoms with Crippen LogP contribution in [0.5, 0.6) is 0 Å². The summed E-state index contributed by atoms with van der Waals surface area (Å²) in [5.74, 6) is 0. The van der Waals surface area contributed by atoms with Crippen molar-refractivity contribution in [2.75, 3.05) is 0 Å². The average molecular weight is 187 g/mol. The molecule has 1 heterocycles. The predicted molar refractivity (Wildman–Crippen MR) is 53.3 cm³/mol. The maximum Gasteiger partial charge on any atom is 0.166 e. The van der Waals surface area contributed by atoms with E-state index in [1.807, 2.05) is 18.2 Å². The highest BCUT2D eigenvalue weighted by Gasteiger charge is 2.14. The smallest absolute Gasteiger partial charge is 0.166 e. The van der Waals surface area contributed by atoms with Crippen LogP contribution in [0, 0.1) is 0 Å². The third kappa shape index (κ3) is 1.23. The van der Waals surface area contributed by atoms with E-state index in [-0.39, 0.29) is 0 Å². The number of nitrogens with one attached hydrogen (secondary N) is 1. The van der Waals surface area contributed by atoms with Crippen molar-refractivity contribution in [3.05, 3.63) is 41.2 Å². The van der Waals surface area contributed by atoms with Crippen LogP contribution in [-0.4, -0.2) is 17.6 Å². The van der Waals surface area contributed by atoms with Crippen LogP contribution in [0.25, 0.3) is 5.57 Å². The molecule has 0 amide bonds. The highest BCUT2D eigenvalue weighted by atomic mass is 16.1. The molecule has 2 rings (SSSR count). The molecule has 0 aliphatic heterocycles. The fourth-order valence-electron chi connectivity index (χ4n) is 1.63. The Morgan fingerprint density at radius 1 is 1.29 bits per heavy atom. The molecule has 1 aliphatic rings. The molecule has 0 bridgehead atoms. The maximum atomic E-state index is 10.7. The number of aromatic nitrogens is 1. The number of H-pyrrole nitrogens is 1. The highest BCUT2D eigenvalue weighted by molar-refractivity contribution is 5.94. The SMILES string of the molecule is O=Cc1c[nH]c(C=O)c1C1=CC=CC1.